The van der Waals surface area contributed by atoms with E-state index < -0.39 is 24.5 Å². The fourth-order valence-corrected chi connectivity index (χ4v) is 5.47. The van der Waals surface area contributed by atoms with Crippen molar-refractivity contribution in [2.45, 2.75) is 161 Å². The van der Waals surface area contributed by atoms with Gasteiger partial charge >= 0.3 is 11.9 Å². The maximum atomic E-state index is 12.7. The molecule has 2 atom stereocenters. The van der Waals surface area contributed by atoms with E-state index in [0.29, 0.717) is 19.3 Å². The highest BCUT2D eigenvalue weighted by atomic mass is 16.5. The van der Waals surface area contributed by atoms with Crippen LogP contribution in [0, 0.1) is 0 Å². The summed E-state index contributed by atoms with van der Waals surface area (Å²) >= 11 is 0. The summed E-state index contributed by atoms with van der Waals surface area (Å²) in [5.74, 6) is -2.54. The van der Waals surface area contributed by atoms with E-state index in [0.717, 1.165) is 109 Å². The molecular formula is C49H76N2O7. The van der Waals surface area contributed by atoms with Crippen LogP contribution < -0.4 is 10.6 Å². The number of unbranched alkanes of at least 4 members (excludes halogenated alkanes) is 7. The normalized spacial score (nSPS) is 13.6. The van der Waals surface area contributed by atoms with Crippen LogP contribution in [0.25, 0.3) is 0 Å². The first-order valence-corrected chi connectivity index (χ1v) is 21.8. The number of hydrogen-bond donors (Lipinski definition) is 4. The lowest BCUT2D eigenvalue weighted by Crippen LogP contribution is -2.47. The largest absolute Gasteiger partial charge is 0.480 e. The van der Waals surface area contributed by atoms with Crippen LogP contribution in [0.2, 0.25) is 0 Å². The molecule has 0 saturated heterocycles. The van der Waals surface area contributed by atoms with Gasteiger partial charge in [-0.2, -0.15) is 0 Å². The maximum absolute atomic E-state index is 12.7. The van der Waals surface area contributed by atoms with Gasteiger partial charge in [-0.3, -0.25) is 14.4 Å². The maximum Gasteiger partial charge on any atom is 0.328 e. The van der Waals surface area contributed by atoms with Gasteiger partial charge in [-0.05, 0) is 102 Å². The van der Waals surface area contributed by atoms with E-state index in [2.05, 4.69) is 122 Å². The van der Waals surface area contributed by atoms with Gasteiger partial charge in [0.2, 0.25) is 11.8 Å². The SMILES string of the molecule is CC/C=C\C/C=C\C/C=C\C/C=C\C/C=C\CCCCCCCC(=O)OC(/C=C\C/C=C\C/C=C\C/C=C\CC)CCCCCC(=O)NCC(=O)NC(CO)C(=O)O. The highest BCUT2D eigenvalue weighted by molar-refractivity contribution is 5.87. The number of aliphatic carboxylic acids is 1. The number of carbonyl (C=O) groups excluding carboxylic acids is 3. The van der Waals surface area contributed by atoms with E-state index in [1.165, 1.54) is 0 Å². The van der Waals surface area contributed by atoms with Crippen molar-refractivity contribution >= 4 is 23.8 Å². The summed E-state index contributed by atoms with van der Waals surface area (Å²) in [4.78, 5) is 47.7. The van der Waals surface area contributed by atoms with Gasteiger partial charge in [-0.1, -0.05) is 143 Å². The Morgan fingerprint density at radius 1 is 0.534 bits per heavy atom. The third-order valence-electron chi connectivity index (χ3n) is 8.75. The van der Waals surface area contributed by atoms with Gasteiger partial charge in [0.1, 0.15) is 12.1 Å². The highest BCUT2D eigenvalue weighted by Crippen LogP contribution is 2.14. The molecule has 58 heavy (non-hydrogen) atoms. The number of aliphatic hydroxyl groups excluding tert-OH is 1. The molecule has 0 radical (unpaired) electrons. The molecule has 0 spiro atoms. The molecule has 2 amide bonds. The Balaban J connectivity index is 4.46. The number of nitrogens with one attached hydrogen (secondary N) is 2. The number of allylic oxidation sites excluding steroid dienone is 17. The molecule has 324 valence electrons. The van der Waals surface area contributed by atoms with Crippen LogP contribution in [0.1, 0.15) is 149 Å². The molecule has 0 aromatic heterocycles. The summed E-state index contributed by atoms with van der Waals surface area (Å²) < 4.78 is 5.86. The number of rotatable bonds is 37. The van der Waals surface area contributed by atoms with Gasteiger partial charge in [-0.25, -0.2) is 4.79 Å². The van der Waals surface area contributed by atoms with Crippen LogP contribution >= 0.6 is 0 Å². The fourth-order valence-electron chi connectivity index (χ4n) is 5.47. The molecule has 9 nitrogen and oxygen atoms in total. The Morgan fingerprint density at radius 3 is 1.50 bits per heavy atom. The zero-order chi connectivity index (χ0) is 42.6. The van der Waals surface area contributed by atoms with Crippen molar-refractivity contribution in [2.75, 3.05) is 13.2 Å². The minimum absolute atomic E-state index is 0.185. The lowest BCUT2D eigenvalue weighted by molar-refractivity contribution is -0.147. The third kappa shape index (κ3) is 38.4. The van der Waals surface area contributed by atoms with Crippen molar-refractivity contribution in [3.63, 3.8) is 0 Å². The molecule has 0 bridgehead atoms. The Bertz CT molecular complexity index is 1340. The third-order valence-corrected chi connectivity index (χ3v) is 8.75. The van der Waals surface area contributed by atoms with Crippen LogP contribution in [-0.4, -0.2) is 59.3 Å². The first-order valence-electron chi connectivity index (χ1n) is 21.8. The average molecular weight is 805 g/mol. The Morgan fingerprint density at radius 2 is 0.983 bits per heavy atom. The number of esters is 1. The quantitative estimate of drug-likeness (QED) is 0.0278. The van der Waals surface area contributed by atoms with Gasteiger partial charge in [0, 0.05) is 12.8 Å². The minimum Gasteiger partial charge on any atom is -0.480 e. The zero-order valence-electron chi connectivity index (χ0n) is 35.7. The first kappa shape index (κ1) is 53.5. The van der Waals surface area contributed by atoms with E-state index in [-0.39, 0.29) is 30.9 Å². The highest BCUT2D eigenvalue weighted by Gasteiger charge is 2.18. The van der Waals surface area contributed by atoms with Crippen LogP contribution in [0.5, 0.6) is 0 Å². The molecule has 0 aromatic rings. The van der Waals surface area contributed by atoms with Crippen molar-refractivity contribution in [3.05, 3.63) is 109 Å². The van der Waals surface area contributed by atoms with E-state index in [1.807, 2.05) is 12.2 Å². The van der Waals surface area contributed by atoms with Gasteiger partial charge < -0.3 is 25.6 Å². The number of hydrogen-bond acceptors (Lipinski definition) is 6. The van der Waals surface area contributed by atoms with Crippen molar-refractivity contribution in [2.24, 2.45) is 0 Å². The van der Waals surface area contributed by atoms with Gasteiger partial charge in [0.15, 0.2) is 0 Å². The second kappa shape index (κ2) is 42.1. The van der Waals surface area contributed by atoms with Gasteiger partial charge in [-0.15, -0.1) is 0 Å². The summed E-state index contributed by atoms with van der Waals surface area (Å²) in [6.45, 7) is 3.17. The number of aliphatic hydroxyl groups is 1. The van der Waals surface area contributed by atoms with Crippen molar-refractivity contribution in [1.82, 2.24) is 10.6 Å². The van der Waals surface area contributed by atoms with Crippen LogP contribution in [-0.2, 0) is 23.9 Å². The summed E-state index contributed by atoms with van der Waals surface area (Å²) in [6.07, 6.45) is 57.0. The van der Waals surface area contributed by atoms with E-state index in [4.69, 9.17) is 14.9 Å². The molecule has 0 aliphatic carbocycles. The summed E-state index contributed by atoms with van der Waals surface area (Å²) in [6, 6.07) is -1.41. The average Bonchev–Trinajstić information content (AvgIpc) is 3.21. The number of carboxylic acids is 1. The fraction of sp³-hybridized carbons (Fsp3) is 0.551. The second-order valence-corrected chi connectivity index (χ2v) is 14.0. The number of ether oxygens (including phenoxy) is 1. The zero-order valence-corrected chi connectivity index (χ0v) is 35.7. The van der Waals surface area contributed by atoms with E-state index in [9.17, 15) is 19.2 Å². The summed E-state index contributed by atoms with van der Waals surface area (Å²) in [5, 5.41) is 22.6. The lowest BCUT2D eigenvalue weighted by Gasteiger charge is -2.15. The molecule has 0 heterocycles. The molecule has 0 aliphatic heterocycles. The Labute approximate surface area is 350 Å². The second-order valence-electron chi connectivity index (χ2n) is 14.0. The first-order chi connectivity index (χ1) is 28.3. The summed E-state index contributed by atoms with van der Waals surface area (Å²) in [5.41, 5.74) is 0. The van der Waals surface area contributed by atoms with Crippen LogP contribution in [0.4, 0.5) is 0 Å². The van der Waals surface area contributed by atoms with Crippen LogP contribution in [0.3, 0.4) is 0 Å². The standard InChI is InChI=1S/C49H76N2O7/c1-3-5-7-9-11-13-15-16-17-18-19-20-21-22-23-24-26-28-30-32-37-41-48(55)58-44(38-34-31-29-27-25-14-12-10-8-6-4-2)39-35-33-36-40-46(53)50-42-47(54)51-45(43-52)49(56)57/h5-8,11-14,16-17,19-20,22-23,27,29,34,38,44-45,52H,3-4,9-10,15,18,21,24-26,28,30-33,35-37,39-43H2,1-2H3,(H,50,53)(H,51,54)(H,56,57)/b7-5-,8-6-,13-11-,14-12-,17-16-,20-19-,23-22-,29-27-,38-34-. The van der Waals surface area contributed by atoms with Crippen molar-refractivity contribution in [1.29, 1.82) is 0 Å². The molecule has 9 heteroatoms. The Kier molecular flexibility index (Phi) is 38.8. The monoisotopic (exact) mass is 805 g/mol. The smallest absolute Gasteiger partial charge is 0.328 e. The molecule has 0 saturated carbocycles. The van der Waals surface area contributed by atoms with Gasteiger partial charge in [0.25, 0.3) is 0 Å². The van der Waals surface area contributed by atoms with Gasteiger partial charge in [0.05, 0.1) is 13.2 Å². The molecule has 0 aromatic carbocycles. The Hall–Kier alpha value is -4.50. The number of carbonyl (C=O) groups is 4. The lowest BCUT2D eigenvalue weighted by atomic mass is 10.1. The predicted molar refractivity (Wildman–Crippen MR) is 240 cm³/mol. The molecular weight excluding hydrogens is 729 g/mol. The number of amides is 2. The predicted octanol–water partition coefficient (Wildman–Crippen LogP) is 10.8. The van der Waals surface area contributed by atoms with Crippen LogP contribution in [0.15, 0.2) is 109 Å². The van der Waals surface area contributed by atoms with E-state index >= 15 is 0 Å². The molecule has 2 unspecified atom stereocenters. The van der Waals surface area contributed by atoms with Crippen molar-refractivity contribution in [3.8, 4) is 0 Å². The van der Waals surface area contributed by atoms with E-state index in [1.54, 1.807) is 0 Å². The van der Waals surface area contributed by atoms with Crippen molar-refractivity contribution < 1.29 is 34.1 Å². The topological polar surface area (TPSA) is 142 Å². The number of carboxylic acid groups (broad SMARTS) is 1. The molecule has 0 fully saturated rings. The molecule has 0 aliphatic rings. The molecule has 4 N–H and O–H groups in total. The molecule has 0 rings (SSSR count). The summed E-state index contributed by atoms with van der Waals surface area (Å²) in [7, 11) is 0. The minimum atomic E-state index is -1.41.